The van der Waals surface area contributed by atoms with Crippen LogP contribution in [-0.4, -0.2) is 28.0 Å². The highest BCUT2D eigenvalue weighted by atomic mass is 32.2. The lowest BCUT2D eigenvalue weighted by Crippen LogP contribution is -2.34. The summed E-state index contributed by atoms with van der Waals surface area (Å²) >= 11 is 0. The topological polar surface area (TPSA) is 84.5 Å². The van der Waals surface area contributed by atoms with Crippen molar-refractivity contribution in [3.63, 3.8) is 0 Å². The molecule has 27 heavy (non-hydrogen) atoms. The van der Waals surface area contributed by atoms with Crippen LogP contribution in [0.4, 0.5) is 5.69 Å². The van der Waals surface area contributed by atoms with E-state index in [0.29, 0.717) is 18.0 Å². The van der Waals surface area contributed by atoms with E-state index in [1.807, 2.05) is 0 Å². The van der Waals surface area contributed by atoms with Gasteiger partial charge in [-0.25, -0.2) is 8.42 Å². The molecule has 0 spiro atoms. The normalized spacial score (nSPS) is 14.9. The SMILES string of the molecule is C=CCNC(=O)C1(c2ccc(NS(=O)(=O)c3cccc(OC)c3)cc2)CC1. The van der Waals surface area contributed by atoms with E-state index in [1.165, 1.54) is 19.2 Å². The zero-order valence-corrected chi connectivity index (χ0v) is 15.9. The molecule has 1 aliphatic carbocycles. The van der Waals surface area contributed by atoms with Crippen molar-refractivity contribution in [3.05, 3.63) is 66.7 Å². The Balaban J connectivity index is 1.76. The van der Waals surface area contributed by atoms with Crippen LogP contribution in [0.2, 0.25) is 0 Å². The average molecular weight is 386 g/mol. The molecule has 2 aromatic carbocycles. The molecule has 142 valence electrons. The number of carbonyl (C=O) groups is 1. The van der Waals surface area contributed by atoms with Crippen molar-refractivity contribution >= 4 is 21.6 Å². The van der Waals surface area contributed by atoms with Crippen LogP contribution in [0.1, 0.15) is 18.4 Å². The van der Waals surface area contributed by atoms with Crippen LogP contribution in [0.5, 0.6) is 5.75 Å². The lowest BCUT2D eigenvalue weighted by molar-refractivity contribution is -0.123. The number of methoxy groups -OCH3 is 1. The van der Waals surface area contributed by atoms with E-state index in [1.54, 1.807) is 42.5 Å². The molecule has 1 aliphatic rings. The number of hydrogen-bond donors (Lipinski definition) is 2. The molecule has 0 unspecified atom stereocenters. The number of hydrogen-bond acceptors (Lipinski definition) is 4. The second-order valence-corrected chi connectivity index (χ2v) is 8.13. The molecule has 0 aromatic heterocycles. The minimum atomic E-state index is -3.73. The van der Waals surface area contributed by atoms with Gasteiger partial charge in [-0.2, -0.15) is 0 Å². The molecule has 0 heterocycles. The Morgan fingerprint density at radius 1 is 1.22 bits per heavy atom. The fraction of sp³-hybridized carbons (Fsp3) is 0.250. The minimum Gasteiger partial charge on any atom is -0.497 e. The molecule has 3 rings (SSSR count). The van der Waals surface area contributed by atoms with Crippen LogP contribution in [0, 0.1) is 0 Å². The summed E-state index contributed by atoms with van der Waals surface area (Å²) in [5.74, 6) is 0.446. The van der Waals surface area contributed by atoms with Gasteiger partial charge in [-0.1, -0.05) is 24.3 Å². The van der Waals surface area contributed by atoms with Crippen LogP contribution in [0.25, 0.3) is 0 Å². The minimum absolute atomic E-state index is 0.0212. The summed E-state index contributed by atoms with van der Waals surface area (Å²) < 4.78 is 32.7. The molecule has 0 saturated heterocycles. The van der Waals surface area contributed by atoms with Crippen LogP contribution in [0.15, 0.2) is 66.1 Å². The van der Waals surface area contributed by atoms with Gasteiger partial charge in [-0.3, -0.25) is 9.52 Å². The number of rotatable bonds is 8. The van der Waals surface area contributed by atoms with Gasteiger partial charge in [0.1, 0.15) is 5.75 Å². The van der Waals surface area contributed by atoms with Gasteiger partial charge in [0.05, 0.1) is 17.4 Å². The van der Waals surface area contributed by atoms with Crippen LogP contribution < -0.4 is 14.8 Å². The smallest absolute Gasteiger partial charge is 0.262 e. The molecule has 1 amide bonds. The predicted molar refractivity (Wildman–Crippen MR) is 104 cm³/mol. The monoisotopic (exact) mass is 386 g/mol. The van der Waals surface area contributed by atoms with Crippen molar-refractivity contribution in [2.45, 2.75) is 23.2 Å². The average Bonchev–Trinajstić information content (AvgIpc) is 3.48. The Hall–Kier alpha value is -2.80. The molecular formula is C20H22N2O4S. The standard InChI is InChI=1S/C20H22N2O4S/c1-3-13-21-19(23)20(11-12-20)15-7-9-16(10-8-15)22-27(24,25)18-6-4-5-17(14-18)26-2/h3-10,14,22H,1,11-13H2,2H3,(H,21,23). The maximum Gasteiger partial charge on any atom is 0.262 e. The van der Waals surface area contributed by atoms with E-state index < -0.39 is 15.4 Å². The molecule has 1 fully saturated rings. The molecule has 0 bridgehead atoms. The van der Waals surface area contributed by atoms with Gasteiger partial charge in [0.25, 0.3) is 10.0 Å². The van der Waals surface area contributed by atoms with Gasteiger partial charge in [0, 0.05) is 18.3 Å². The third-order valence-corrected chi connectivity index (χ3v) is 6.01. The van der Waals surface area contributed by atoms with Crippen molar-refractivity contribution in [1.29, 1.82) is 0 Å². The third-order valence-electron chi connectivity index (χ3n) is 4.63. The Bertz CT molecular complexity index is 948. The summed E-state index contributed by atoms with van der Waals surface area (Å²) in [6.07, 6.45) is 3.21. The summed E-state index contributed by atoms with van der Waals surface area (Å²) in [6.45, 7) is 4.03. The number of ether oxygens (including phenoxy) is 1. The molecule has 7 heteroatoms. The first-order chi connectivity index (χ1) is 12.9. The molecule has 1 saturated carbocycles. The lowest BCUT2D eigenvalue weighted by Gasteiger charge is -2.16. The van der Waals surface area contributed by atoms with E-state index >= 15 is 0 Å². The van der Waals surface area contributed by atoms with Crippen LogP contribution in [0.3, 0.4) is 0 Å². The fourth-order valence-electron chi connectivity index (χ4n) is 2.95. The summed E-state index contributed by atoms with van der Waals surface area (Å²) in [5, 5.41) is 2.84. The maximum absolute atomic E-state index is 12.6. The Morgan fingerprint density at radius 2 is 1.93 bits per heavy atom. The summed E-state index contributed by atoms with van der Waals surface area (Å²) in [5.41, 5.74) is 0.810. The van der Waals surface area contributed by atoms with Crippen molar-refractivity contribution in [1.82, 2.24) is 5.32 Å². The van der Waals surface area contributed by atoms with Crippen molar-refractivity contribution < 1.29 is 17.9 Å². The van der Waals surface area contributed by atoms with Crippen LogP contribution in [-0.2, 0) is 20.2 Å². The molecule has 2 N–H and O–H groups in total. The molecule has 0 aliphatic heterocycles. The number of nitrogens with one attached hydrogen (secondary N) is 2. The largest absolute Gasteiger partial charge is 0.497 e. The number of amides is 1. The second kappa shape index (κ2) is 7.44. The van der Waals surface area contributed by atoms with E-state index in [9.17, 15) is 13.2 Å². The molecule has 0 atom stereocenters. The Morgan fingerprint density at radius 3 is 2.52 bits per heavy atom. The van der Waals surface area contributed by atoms with E-state index in [-0.39, 0.29) is 10.8 Å². The first-order valence-electron chi connectivity index (χ1n) is 8.58. The predicted octanol–water partition coefficient (Wildman–Crippen LogP) is 2.83. The van der Waals surface area contributed by atoms with E-state index in [2.05, 4.69) is 16.6 Å². The number of carbonyl (C=O) groups excluding carboxylic acids is 1. The van der Waals surface area contributed by atoms with Crippen molar-refractivity contribution in [2.24, 2.45) is 0 Å². The Labute approximate surface area is 159 Å². The molecular weight excluding hydrogens is 364 g/mol. The summed E-state index contributed by atoms with van der Waals surface area (Å²) in [6, 6.07) is 13.2. The molecule has 2 aromatic rings. The van der Waals surface area contributed by atoms with Gasteiger partial charge in [-0.05, 0) is 42.7 Å². The highest BCUT2D eigenvalue weighted by Crippen LogP contribution is 2.48. The summed E-state index contributed by atoms with van der Waals surface area (Å²) in [7, 11) is -2.24. The van der Waals surface area contributed by atoms with Gasteiger partial charge >= 0.3 is 0 Å². The maximum atomic E-state index is 12.6. The number of anilines is 1. The molecule has 6 nitrogen and oxygen atoms in total. The van der Waals surface area contributed by atoms with E-state index in [0.717, 1.165) is 18.4 Å². The molecule has 0 radical (unpaired) electrons. The number of benzene rings is 2. The van der Waals surface area contributed by atoms with Gasteiger partial charge < -0.3 is 10.1 Å². The van der Waals surface area contributed by atoms with Gasteiger partial charge in [-0.15, -0.1) is 6.58 Å². The highest BCUT2D eigenvalue weighted by molar-refractivity contribution is 7.92. The van der Waals surface area contributed by atoms with E-state index in [4.69, 9.17) is 4.74 Å². The van der Waals surface area contributed by atoms with Crippen molar-refractivity contribution in [3.8, 4) is 5.75 Å². The lowest BCUT2D eigenvalue weighted by atomic mass is 9.95. The first-order valence-corrected chi connectivity index (χ1v) is 10.1. The number of sulfonamides is 1. The van der Waals surface area contributed by atoms with Crippen LogP contribution >= 0.6 is 0 Å². The third kappa shape index (κ3) is 3.98. The van der Waals surface area contributed by atoms with Gasteiger partial charge in [0.2, 0.25) is 5.91 Å². The quantitative estimate of drug-likeness (QED) is 0.683. The zero-order valence-electron chi connectivity index (χ0n) is 15.1. The highest BCUT2D eigenvalue weighted by Gasteiger charge is 2.50. The first kappa shape index (κ1) is 19.0. The fourth-order valence-corrected chi connectivity index (χ4v) is 4.04. The summed E-state index contributed by atoms with van der Waals surface area (Å²) in [4.78, 5) is 12.5. The Kier molecular flexibility index (Phi) is 5.23. The second-order valence-electron chi connectivity index (χ2n) is 6.44. The zero-order chi connectivity index (χ0) is 19.5. The van der Waals surface area contributed by atoms with Crippen molar-refractivity contribution in [2.75, 3.05) is 18.4 Å². The van der Waals surface area contributed by atoms with Gasteiger partial charge in [0.15, 0.2) is 0 Å².